The van der Waals surface area contributed by atoms with Crippen LogP contribution < -0.4 is 9.47 Å². The Balaban J connectivity index is 1.93. The van der Waals surface area contributed by atoms with E-state index in [9.17, 15) is 9.59 Å². The lowest BCUT2D eigenvalue weighted by atomic mass is 10.1. The molecule has 0 saturated carbocycles. The maximum Gasteiger partial charge on any atom is 0.282 e. The van der Waals surface area contributed by atoms with Crippen molar-refractivity contribution in [3.05, 3.63) is 59.2 Å². The SMILES string of the molecule is COc1cccc(C=NN2C(=O)c3ccccc3C2=O)c1OC(C)C. The average Bonchev–Trinajstić information content (AvgIpc) is 2.85. The van der Waals surface area contributed by atoms with Crippen LogP contribution in [0.2, 0.25) is 0 Å². The van der Waals surface area contributed by atoms with Crippen molar-refractivity contribution in [2.24, 2.45) is 5.10 Å². The summed E-state index contributed by atoms with van der Waals surface area (Å²) in [5, 5.41) is 4.95. The van der Waals surface area contributed by atoms with E-state index in [1.54, 1.807) is 49.6 Å². The number of hydrazone groups is 1. The number of para-hydroxylation sites is 1. The Morgan fingerprint density at radius 1 is 1.00 bits per heavy atom. The fraction of sp³-hybridized carbons (Fsp3) is 0.211. The predicted molar refractivity (Wildman–Crippen MR) is 93.3 cm³/mol. The molecule has 0 radical (unpaired) electrons. The number of hydrogen-bond donors (Lipinski definition) is 0. The number of ether oxygens (including phenoxy) is 2. The van der Waals surface area contributed by atoms with Gasteiger partial charge in [0.1, 0.15) is 0 Å². The molecule has 1 heterocycles. The summed E-state index contributed by atoms with van der Waals surface area (Å²) in [5.74, 6) is 0.192. The molecule has 0 N–H and O–H groups in total. The number of amides is 2. The van der Waals surface area contributed by atoms with Crippen LogP contribution in [0, 0.1) is 0 Å². The second-order valence-corrected chi connectivity index (χ2v) is 5.76. The standard InChI is InChI=1S/C19H18N2O4/c1-12(2)25-17-13(7-6-10-16(17)24-3)11-20-21-18(22)14-8-4-5-9-15(14)19(21)23/h4-12H,1-3H3. The summed E-state index contributed by atoms with van der Waals surface area (Å²) >= 11 is 0. The van der Waals surface area contributed by atoms with Gasteiger partial charge in [0.25, 0.3) is 11.8 Å². The van der Waals surface area contributed by atoms with E-state index in [0.717, 1.165) is 5.01 Å². The molecule has 3 rings (SSSR count). The zero-order chi connectivity index (χ0) is 18.0. The van der Waals surface area contributed by atoms with Crippen molar-refractivity contribution in [2.45, 2.75) is 20.0 Å². The highest BCUT2D eigenvalue weighted by Crippen LogP contribution is 2.31. The van der Waals surface area contributed by atoms with Crippen molar-refractivity contribution in [3.63, 3.8) is 0 Å². The highest BCUT2D eigenvalue weighted by atomic mass is 16.5. The minimum absolute atomic E-state index is 0.0669. The van der Waals surface area contributed by atoms with Crippen molar-refractivity contribution < 1.29 is 19.1 Å². The lowest BCUT2D eigenvalue weighted by molar-refractivity contribution is 0.0660. The van der Waals surface area contributed by atoms with Crippen LogP contribution in [0.1, 0.15) is 40.1 Å². The summed E-state index contributed by atoms with van der Waals surface area (Å²) in [6, 6.07) is 12.0. The third-order valence-corrected chi connectivity index (χ3v) is 3.67. The van der Waals surface area contributed by atoms with E-state index in [-0.39, 0.29) is 6.10 Å². The van der Waals surface area contributed by atoms with Gasteiger partial charge >= 0.3 is 0 Å². The number of carbonyl (C=O) groups is 2. The van der Waals surface area contributed by atoms with Crippen LogP contribution in [0.5, 0.6) is 11.5 Å². The molecule has 6 heteroatoms. The molecule has 0 bridgehead atoms. The molecule has 2 aromatic carbocycles. The number of benzene rings is 2. The molecule has 1 aliphatic rings. The second kappa shape index (κ2) is 6.76. The van der Waals surface area contributed by atoms with E-state index in [4.69, 9.17) is 9.47 Å². The Hall–Kier alpha value is -3.15. The maximum atomic E-state index is 12.3. The molecular weight excluding hydrogens is 320 g/mol. The number of nitrogens with zero attached hydrogens (tertiary/aromatic N) is 2. The van der Waals surface area contributed by atoms with Crippen LogP contribution in [-0.4, -0.2) is 36.3 Å². The van der Waals surface area contributed by atoms with Gasteiger partial charge in [0, 0.05) is 5.56 Å². The zero-order valence-corrected chi connectivity index (χ0v) is 14.2. The Morgan fingerprint density at radius 3 is 2.20 bits per heavy atom. The molecule has 1 aliphatic heterocycles. The summed E-state index contributed by atoms with van der Waals surface area (Å²) in [4.78, 5) is 24.7. The highest BCUT2D eigenvalue weighted by Gasteiger charge is 2.35. The van der Waals surface area contributed by atoms with Crippen LogP contribution in [0.15, 0.2) is 47.6 Å². The summed E-state index contributed by atoms with van der Waals surface area (Å²) in [6.45, 7) is 3.80. The largest absolute Gasteiger partial charge is 0.493 e. The Bertz CT molecular complexity index is 823. The van der Waals surface area contributed by atoms with E-state index in [1.807, 2.05) is 13.8 Å². The lowest BCUT2D eigenvalue weighted by Gasteiger charge is -2.16. The average molecular weight is 338 g/mol. The van der Waals surface area contributed by atoms with Crippen molar-refractivity contribution in [3.8, 4) is 11.5 Å². The summed E-state index contributed by atoms with van der Waals surface area (Å²) < 4.78 is 11.1. The molecule has 6 nitrogen and oxygen atoms in total. The molecule has 2 aromatic rings. The fourth-order valence-corrected chi connectivity index (χ4v) is 2.56. The van der Waals surface area contributed by atoms with Crippen molar-refractivity contribution in [1.82, 2.24) is 5.01 Å². The third kappa shape index (κ3) is 3.10. The molecule has 0 unspecified atom stereocenters. The number of fused-ring (bicyclic) bond motifs is 1. The van der Waals surface area contributed by atoms with Crippen molar-refractivity contribution >= 4 is 18.0 Å². The fourth-order valence-electron chi connectivity index (χ4n) is 2.56. The van der Waals surface area contributed by atoms with E-state index >= 15 is 0 Å². The number of rotatable bonds is 5. The monoisotopic (exact) mass is 338 g/mol. The van der Waals surface area contributed by atoms with Gasteiger partial charge in [-0.1, -0.05) is 18.2 Å². The summed E-state index contributed by atoms with van der Waals surface area (Å²) in [7, 11) is 1.55. The Labute approximate surface area is 145 Å². The van der Waals surface area contributed by atoms with Gasteiger partial charge in [-0.05, 0) is 38.1 Å². The predicted octanol–water partition coefficient (Wildman–Crippen LogP) is 3.11. The van der Waals surface area contributed by atoms with Gasteiger partial charge in [-0.2, -0.15) is 10.1 Å². The van der Waals surface area contributed by atoms with Crippen LogP contribution >= 0.6 is 0 Å². The first-order valence-corrected chi connectivity index (χ1v) is 7.88. The molecule has 128 valence electrons. The van der Waals surface area contributed by atoms with Crippen LogP contribution in [0.4, 0.5) is 0 Å². The van der Waals surface area contributed by atoms with Gasteiger partial charge in [0.15, 0.2) is 11.5 Å². The third-order valence-electron chi connectivity index (χ3n) is 3.67. The van der Waals surface area contributed by atoms with E-state index in [1.165, 1.54) is 6.21 Å². The molecule has 0 aliphatic carbocycles. The first kappa shape index (κ1) is 16.7. The van der Waals surface area contributed by atoms with Gasteiger partial charge < -0.3 is 9.47 Å². The minimum atomic E-state index is -0.439. The van der Waals surface area contributed by atoms with Crippen LogP contribution in [0.3, 0.4) is 0 Å². The smallest absolute Gasteiger partial charge is 0.282 e. The number of carbonyl (C=O) groups excluding carboxylic acids is 2. The number of hydrogen-bond acceptors (Lipinski definition) is 5. The van der Waals surface area contributed by atoms with Crippen molar-refractivity contribution in [1.29, 1.82) is 0 Å². The van der Waals surface area contributed by atoms with E-state index in [2.05, 4.69) is 5.10 Å². The van der Waals surface area contributed by atoms with Crippen LogP contribution in [0.25, 0.3) is 0 Å². The topological polar surface area (TPSA) is 68.2 Å². The van der Waals surface area contributed by atoms with Crippen molar-refractivity contribution in [2.75, 3.05) is 7.11 Å². The first-order chi connectivity index (χ1) is 12.0. The van der Waals surface area contributed by atoms with Gasteiger partial charge in [-0.3, -0.25) is 9.59 Å². The normalized spacial score (nSPS) is 13.7. The van der Waals surface area contributed by atoms with E-state index < -0.39 is 11.8 Å². The highest BCUT2D eigenvalue weighted by molar-refractivity contribution is 6.21. The summed E-state index contributed by atoms with van der Waals surface area (Å²) in [6.07, 6.45) is 1.37. The van der Waals surface area contributed by atoms with E-state index in [0.29, 0.717) is 28.2 Å². The van der Waals surface area contributed by atoms with Crippen LogP contribution in [-0.2, 0) is 0 Å². The Kier molecular flexibility index (Phi) is 4.52. The summed E-state index contributed by atoms with van der Waals surface area (Å²) in [5.41, 5.74) is 1.33. The lowest BCUT2D eigenvalue weighted by Crippen LogP contribution is -2.24. The first-order valence-electron chi connectivity index (χ1n) is 7.88. The molecule has 0 aromatic heterocycles. The molecule has 0 saturated heterocycles. The Morgan fingerprint density at radius 2 is 1.64 bits per heavy atom. The molecule has 0 fully saturated rings. The molecule has 0 atom stereocenters. The maximum absolute atomic E-state index is 12.3. The molecule has 2 amide bonds. The van der Waals surface area contributed by atoms with Gasteiger partial charge in [0.05, 0.1) is 30.6 Å². The molecular formula is C19H18N2O4. The second-order valence-electron chi connectivity index (χ2n) is 5.76. The minimum Gasteiger partial charge on any atom is -0.493 e. The van der Waals surface area contributed by atoms with Gasteiger partial charge in [-0.25, -0.2) is 0 Å². The van der Waals surface area contributed by atoms with Gasteiger partial charge in [0.2, 0.25) is 0 Å². The zero-order valence-electron chi connectivity index (χ0n) is 14.2. The molecule has 0 spiro atoms. The number of imide groups is 1. The van der Waals surface area contributed by atoms with Gasteiger partial charge in [-0.15, -0.1) is 0 Å². The molecule has 25 heavy (non-hydrogen) atoms. The quantitative estimate of drug-likeness (QED) is 0.620. The number of methoxy groups -OCH3 is 1.